The Morgan fingerprint density at radius 1 is 1.54 bits per heavy atom. The second-order valence-electron chi connectivity index (χ2n) is 2.64. The van der Waals surface area contributed by atoms with Crippen LogP contribution >= 0.6 is 0 Å². The molecule has 6 heteroatoms. The smallest absolute Gasteiger partial charge is 0.258 e. The summed E-state index contributed by atoms with van der Waals surface area (Å²) in [5, 5.41) is 18.0. The summed E-state index contributed by atoms with van der Waals surface area (Å²) in [7, 11) is 1.69. The first-order valence-corrected chi connectivity index (χ1v) is 3.62. The second kappa shape index (κ2) is 2.51. The third-order valence-electron chi connectivity index (χ3n) is 1.81. The Kier molecular flexibility index (Phi) is 1.48. The normalized spacial score (nSPS) is 10.5. The van der Waals surface area contributed by atoms with Crippen molar-refractivity contribution in [1.82, 2.24) is 15.0 Å². The summed E-state index contributed by atoms with van der Waals surface area (Å²) in [5.41, 5.74) is 1.38. The van der Waals surface area contributed by atoms with E-state index in [1.54, 1.807) is 13.1 Å². The van der Waals surface area contributed by atoms with E-state index in [0.717, 1.165) is 0 Å². The van der Waals surface area contributed by atoms with E-state index in [0.29, 0.717) is 11.0 Å². The molecule has 1 aromatic carbocycles. The summed E-state index contributed by atoms with van der Waals surface area (Å²) in [4.78, 5) is 10.00. The first kappa shape index (κ1) is 7.66. The molecule has 13 heavy (non-hydrogen) atoms. The molecule has 0 aliphatic rings. The average molecular weight is 178 g/mol. The van der Waals surface area contributed by atoms with Crippen LogP contribution in [0.2, 0.25) is 0 Å². The van der Waals surface area contributed by atoms with Crippen molar-refractivity contribution in [3.8, 4) is 0 Å². The third kappa shape index (κ3) is 1.12. The highest BCUT2D eigenvalue weighted by atomic mass is 16.6. The molecule has 0 fully saturated rings. The van der Waals surface area contributed by atoms with Gasteiger partial charge in [0.25, 0.3) is 5.69 Å². The van der Waals surface area contributed by atoms with Gasteiger partial charge in [0, 0.05) is 19.2 Å². The minimum atomic E-state index is -0.438. The van der Waals surface area contributed by atoms with E-state index < -0.39 is 4.92 Å². The van der Waals surface area contributed by atoms with Crippen LogP contribution in [-0.4, -0.2) is 19.9 Å². The fourth-order valence-corrected chi connectivity index (χ4v) is 1.13. The Bertz CT molecular complexity index is 476. The standard InChI is InChI=1S/C7H6N4O2/c1-10-7-4-5(11(12)13)2-3-6(7)8-9-10/h2-4H,1H3. The fourth-order valence-electron chi connectivity index (χ4n) is 1.13. The lowest BCUT2D eigenvalue weighted by Crippen LogP contribution is -1.91. The van der Waals surface area contributed by atoms with Crippen LogP contribution in [0.1, 0.15) is 0 Å². The van der Waals surface area contributed by atoms with E-state index in [9.17, 15) is 10.1 Å². The molecule has 0 saturated carbocycles. The minimum Gasteiger partial charge on any atom is -0.258 e. The van der Waals surface area contributed by atoms with Crippen LogP contribution in [0.15, 0.2) is 18.2 Å². The number of nitro groups is 1. The molecule has 0 aliphatic carbocycles. The third-order valence-corrected chi connectivity index (χ3v) is 1.81. The van der Waals surface area contributed by atoms with Crippen molar-refractivity contribution in [1.29, 1.82) is 0 Å². The molecule has 0 amide bonds. The Morgan fingerprint density at radius 3 is 3.00 bits per heavy atom. The summed E-state index contributed by atoms with van der Waals surface area (Å²) < 4.78 is 1.50. The van der Waals surface area contributed by atoms with Gasteiger partial charge in [-0.1, -0.05) is 5.21 Å². The summed E-state index contributed by atoms with van der Waals surface area (Å²) >= 11 is 0. The van der Waals surface area contributed by atoms with Gasteiger partial charge in [-0.25, -0.2) is 4.68 Å². The lowest BCUT2D eigenvalue weighted by atomic mass is 10.3. The van der Waals surface area contributed by atoms with Crippen LogP contribution in [0.3, 0.4) is 0 Å². The predicted molar refractivity (Wildman–Crippen MR) is 45.2 cm³/mol. The molecule has 6 nitrogen and oxygen atoms in total. The lowest BCUT2D eigenvalue weighted by molar-refractivity contribution is -0.384. The van der Waals surface area contributed by atoms with E-state index in [-0.39, 0.29) is 5.69 Å². The number of hydrogen-bond donors (Lipinski definition) is 0. The van der Waals surface area contributed by atoms with Gasteiger partial charge in [0.15, 0.2) is 0 Å². The molecular weight excluding hydrogens is 172 g/mol. The topological polar surface area (TPSA) is 73.8 Å². The highest BCUT2D eigenvalue weighted by Crippen LogP contribution is 2.17. The summed E-state index contributed by atoms with van der Waals surface area (Å²) in [5.74, 6) is 0. The summed E-state index contributed by atoms with van der Waals surface area (Å²) in [6, 6.07) is 4.45. The maximum absolute atomic E-state index is 10.4. The van der Waals surface area contributed by atoms with Gasteiger partial charge in [-0.05, 0) is 6.07 Å². The maximum Gasteiger partial charge on any atom is 0.271 e. The van der Waals surface area contributed by atoms with Gasteiger partial charge in [0.1, 0.15) is 5.52 Å². The number of hydrogen-bond acceptors (Lipinski definition) is 4. The highest BCUT2D eigenvalue weighted by molar-refractivity contribution is 5.76. The lowest BCUT2D eigenvalue weighted by Gasteiger charge is -1.92. The van der Waals surface area contributed by atoms with Gasteiger partial charge in [-0.2, -0.15) is 0 Å². The van der Waals surface area contributed by atoms with E-state index in [4.69, 9.17) is 0 Å². The molecule has 0 aliphatic heterocycles. The van der Waals surface area contributed by atoms with Gasteiger partial charge in [0.2, 0.25) is 0 Å². The molecule has 0 saturated heterocycles. The second-order valence-corrected chi connectivity index (χ2v) is 2.64. The molecule has 0 atom stereocenters. The number of nitrogens with zero attached hydrogens (tertiary/aromatic N) is 4. The van der Waals surface area contributed by atoms with Crippen molar-refractivity contribution >= 4 is 16.7 Å². The van der Waals surface area contributed by atoms with Crippen molar-refractivity contribution < 1.29 is 4.92 Å². The number of rotatable bonds is 1. The Balaban J connectivity index is 2.72. The molecular formula is C7H6N4O2. The summed E-state index contributed by atoms with van der Waals surface area (Å²) in [6.45, 7) is 0. The van der Waals surface area contributed by atoms with Crippen LogP contribution in [0.4, 0.5) is 5.69 Å². The molecule has 2 rings (SSSR count). The van der Waals surface area contributed by atoms with Crippen molar-refractivity contribution in [2.45, 2.75) is 0 Å². The Morgan fingerprint density at radius 2 is 2.31 bits per heavy atom. The maximum atomic E-state index is 10.4. The SMILES string of the molecule is Cn1nnc2ccc([N+](=O)[O-])cc21. The number of benzene rings is 1. The minimum absolute atomic E-state index is 0.0536. The first-order chi connectivity index (χ1) is 6.18. The van der Waals surface area contributed by atoms with Crippen LogP contribution in [-0.2, 0) is 7.05 Å². The molecule has 2 aromatic rings. The van der Waals surface area contributed by atoms with Crippen LogP contribution in [0.5, 0.6) is 0 Å². The first-order valence-electron chi connectivity index (χ1n) is 3.62. The molecule has 66 valence electrons. The molecule has 0 N–H and O–H groups in total. The van der Waals surface area contributed by atoms with Gasteiger partial charge >= 0.3 is 0 Å². The largest absolute Gasteiger partial charge is 0.271 e. The molecule has 0 radical (unpaired) electrons. The molecule has 1 aromatic heterocycles. The van der Waals surface area contributed by atoms with E-state index >= 15 is 0 Å². The monoisotopic (exact) mass is 178 g/mol. The predicted octanol–water partition coefficient (Wildman–Crippen LogP) is 0.876. The van der Waals surface area contributed by atoms with Crippen molar-refractivity contribution in [2.75, 3.05) is 0 Å². The van der Waals surface area contributed by atoms with Crippen molar-refractivity contribution in [3.05, 3.63) is 28.3 Å². The van der Waals surface area contributed by atoms with Gasteiger partial charge in [0.05, 0.1) is 10.4 Å². The van der Waals surface area contributed by atoms with E-state index in [2.05, 4.69) is 10.3 Å². The number of fused-ring (bicyclic) bond motifs is 1. The Labute approximate surface area is 72.9 Å². The Hall–Kier alpha value is -1.98. The molecule has 0 spiro atoms. The van der Waals surface area contributed by atoms with Crippen LogP contribution in [0.25, 0.3) is 11.0 Å². The van der Waals surface area contributed by atoms with E-state index in [1.165, 1.54) is 16.8 Å². The average Bonchev–Trinajstić information content (AvgIpc) is 2.47. The molecule has 1 heterocycles. The number of non-ortho nitro benzene ring substituents is 1. The zero-order valence-electron chi connectivity index (χ0n) is 6.84. The molecule has 0 bridgehead atoms. The summed E-state index contributed by atoms with van der Waals surface area (Å²) in [6.07, 6.45) is 0. The van der Waals surface area contributed by atoms with Gasteiger partial charge in [-0.15, -0.1) is 5.10 Å². The number of nitro benzene ring substituents is 1. The van der Waals surface area contributed by atoms with E-state index in [1.807, 2.05) is 0 Å². The quantitative estimate of drug-likeness (QED) is 0.479. The van der Waals surface area contributed by atoms with Gasteiger partial charge < -0.3 is 0 Å². The van der Waals surface area contributed by atoms with Crippen LogP contribution < -0.4 is 0 Å². The van der Waals surface area contributed by atoms with Crippen molar-refractivity contribution in [3.63, 3.8) is 0 Å². The number of aromatic nitrogens is 3. The number of aryl methyl sites for hydroxylation is 1. The van der Waals surface area contributed by atoms with Crippen molar-refractivity contribution in [2.24, 2.45) is 7.05 Å². The molecule has 0 unspecified atom stereocenters. The zero-order valence-corrected chi connectivity index (χ0v) is 6.84. The zero-order chi connectivity index (χ0) is 9.42. The van der Waals surface area contributed by atoms with Crippen LogP contribution in [0, 0.1) is 10.1 Å². The van der Waals surface area contributed by atoms with Gasteiger partial charge in [-0.3, -0.25) is 10.1 Å². The fraction of sp³-hybridized carbons (Fsp3) is 0.143. The highest BCUT2D eigenvalue weighted by Gasteiger charge is 2.08.